The van der Waals surface area contributed by atoms with Gasteiger partial charge in [0.15, 0.2) is 11.6 Å². The SMILES string of the molecule is Cc1ccc(-c2cc(C(=O)O)c3cc(F)cc(F)c3n2)o1. The van der Waals surface area contributed by atoms with Crippen molar-refractivity contribution in [2.45, 2.75) is 6.92 Å². The molecule has 106 valence electrons. The standard InChI is InChI=1S/C15H9F2NO3/c1-7-2-3-13(21-7)12-6-10(15(19)20)9-4-8(16)5-11(17)14(9)18-12/h2-6H,1H3,(H,19,20). The molecule has 2 aromatic heterocycles. The first-order valence-electron chi connectivity index (χ1n) is 6.05. The number of carboxylic acid groups (broad SMARTS) is 1. The fraction of sp³-hybridized carbons (Fsp3) is 0.0667. The maximum Gasteiger partial charge on any atom is 0.336 e. The average molecular weight is 289 g/mol. The van der Waals surface area contributed by atoms with Gasteiger partial charge in [0, 0.05) is 11.5 Å². The zero-order valence-electron chi connectivity index (χ0n) is 10.9. The Morgan fingerprint density at radius 1 is 1.24 bits per heavy atom. The number of aromatic nitrogens is 1. The van der Waals surface area contributed by atoms with Gasteiger partial charge in [-0.3, -0.25) is 0 Å². The fourth-order valence-electron chi connectivity index (χ4n) is 2.13. The van der Waals surface area contributed by atoms with Crippen LogP contribution in [0.2, 0.25) is 0 Å². The summed E-state index contributed by atoms with van der Waals surface area (Å²) in [5.41, 5.74) is -0.263. The van der Waals surface area contributed by atoms with Crippen LogP contribution in [0.25, 0.3) is 22.4 Å². The molecule has 2 heterocycles. The number of nitrogens with zero attached hydrogens (tertiary/aromatic N) is 1. The van der Waals surface area contributed by atoms with Crippen LogP contribution in [0.1, 0.15) is 16.1 Å². The molecule has 21 heavy (non-hydrogen) atoms. The van der Waals surface area contributed by atoms with Crippen LogP contribution < -0.4 is 0 Å². The van der Waals surface area contributed by atoms with E-state index >= 15 is 0 Å². The van der Waals surface area contributed by atoms with E-state index in [1.807, 2.05) is 0 Å². The van der Waals surface area contributed by atoms with Crippen LogP contribution in [0.3, 0.4) is 0 Å². The monoisotopic (exact) mass is 289 g/mol. The summed E-state index contributed by atoms with van der Waals surface area (Å²) < 4.78 is 32.5. The van der Waals surface area contributed by atoms with Gasteiger partial charge in [-0.2, -0.15) is 0 Å². The number of furan rings is 1. The molecule has 0 aliphatic rings. The van der Waals surface area contributed by atoms with Crippen LogP contribution in [-0.4, -0.2) is 16.1 Å². The van der Waals surface area contributed by atoms with Crippen LogP contribution >= 0.6 is 0 Å². The number of hydrogen-bond acceptors (Lipinski definition) is 3. The highest BCUT2D eigenvalue weighted by molar-refractivity contribution is 6.03. The van der Waals surface area contributed by atoms with Gasteiger partial charge in [-0.25, -0.2) is 18.6 Å². The van der Waals surface area contributed by atoms with Crippen molar-refractivity contribution in [2.24, 2.45) is 0 Å². The Morgan fingerprint density at radius 3 is 2.62 bits per heavy atom. The van der Waals surface area contributed by atoms with Crippen LogP contribution in [0.15, 0.2) is 34.7 Å². The van der Waals surface area contributed by atoms with E-state index in [1.165, 1.54) is 6.07 Å². The third-order valence-electron chi connectivity index (χ3n) is 3.05. The van der Waals surface area contributed by atoms with Crippen LogP contribution in [0, 0.1) is 18.6 Å². The number of rotatable bonds is 2. The van der Waals surface area contributed by atoms with Crippen molar-refractivity contribution in [3.8, 4) is 11.5 Å². The number of benzene rings is 1. The minimum Gasteiger partial charge on any atom is -0.478 e. The predicted octanol–water partition coefficient (Wildman–Crippen LogP) is 3.78. The van der Waals surface area contributed by atoms with E-state index < -0.39 is 17.6 Å². The number of halogens is 2. The Labute approximate surface area is 117 Å². The number of fused-ring (bicyclic) bond motifs is 1. The number of carbonyl (C=O) groups is 1. The van der Waals surface area contributed by atoms with Gasteiger partial charge >= 0.3 is 5.97 Å². The first-order chi connectivity index (χ1) is 9.95. The van der Waals surface area contributed by atoms with Crippen LogP contribution in [0.5, 0.6) is 0 Å². The van der Waals surface area contributed by atoms with Crippen molar-refractivity contribution in [3.63, 3.8) is 0 Å². The van der Waals surface area contributed by atoms with Gasteiger partial charge in [-0.05, 0) is 31.2 Å². The third kappa shape index (κ3) is 2.24. The quantitative estimate of drug-likeness (QED) is 0.779. The van der Waals surface area contributed by atoms with Crippen molar-refractivity contribution < 1.29 is 23.1 Å². The fourth-order valence-corrected chi connectivity index (χ4v) is 2.13. The molecule has 0 amide bonds. The van der Waals surface area contributed by atoms with Gasteiger partial charge in [0.05, 0.1) is 5.56 Å². The molecule has 3 aromatic rings. The number of aromatic carboxylic acids is 1. The third-order valence-corrected chi connectivity index (χ3v) is 3.05. The molecule has 0 aliphatic carbocycles. The zero-order valence-corrected chi connectivity index (χ0v) is 10.9. The molecule has 4 nitrogen and oxygen atoms in total. The summed E-state index contributed by atoms with van der Waals surface area (Å²) in [4.78, 5) is 15.4. The molecule has 0 saturated carbocycles. The van der Waals surface area contributed by atoms with Crippen molar-refractivity contribution in [2.75, 3.05) is 0 Å². The van der Waals surface area contributed by atoms with Crippen molar-refractivity contribution in [1.29, 1.82) is 0 Å². The molecule has 1 N–H and O–H groups in total. The normalized spacial score (nSPS) is 11.0. The predicted molar refractivity (Wildman–Crippen MR) is 71.1 cm³/mol. The van der Waals surface area contributed by atoms with Crippen molar-refractivity contribution in [3.05, 3.63) is 53.3 Å². The molecule has 0 bridgehead atoms. The Morgan fingerprint density at radius 2 is 2.00 bits per heavy atom. The highest BCUT2D eigenvalue weighted by Gasteiger charge is 2.18. The summed E-state index contributed by atoms with van der Waals surface area (Å²) in [7, 11) is 0. The van der Waals surface area contributed by atoms with Gasteiger partial charge < -0.3 is 9.52 Å². The topological polar surface area (TPSA) is 63.3 Å². The summed E-state index contributed by atoms with van der Waals surface area (Å²) >= 11 is 0. The van der Waals surface area contributed by atoms with Crippen molar-refractivity contribution in [1.82, 2.24) is 4.98 Å². The van der Waals surface area contributed by atoms with E-state index in [-0.39, 0.29) is 22.2 Å². The second-order valence-electron chi connectivity index (χ2n) is 4.55. The average Bonchev–Trinajstić information content (AvgIpc) is 2.84. The lowest BCUT2D eigenvalue weighted by Crippen LogP contribution is -2.02. The van der Waals surface area contributed by atoms with E-state index in [0.29, 0.717) is 17.6 Å². The van der Waals surface area contributed by atoms with Crippen LogP contribution in [-0.2, 0) is 0 Å². The number of pyridine rings is 1. The molecule has 0 atom stereocenters. The van der Waals surface area contributed by atoms with Gasteiger partial charge in [-0.1, -0.05) is 0 Å². The molecule has 3 rings (SSSR count). The molecule has 0 fully saturated rings. The lowest BCUT2D eigenvalue weighted by atomic mass is 10.1. The first kappa shape index (κ1) is 13.2. The molecule has 0 saturated heterocycles. The Balaban J connectivity index is 2.37. The van der Waals surface area contributed by atoms with Crippen LogP contribution in [0.4, 0.5) is 8.78 Å². The Kier molecular flexibility index (Phi) is 2.94. The number of hydrogen-bond donors (Lipinski definition) is 1. The molecular formula is C15H9F2NO3. The molecule has 0 aliphatic heterocycles. The van der Waals surface area contributed by atoms with E-state index in [4.69, 9.17) is 4.42 Å². The molecule has 0 radical (unpaired) electrons. The van der Waals surface area contributed by atoms with E-state index in [9.17, 15) is 18.7 Å². The molecule has 6 heteroatoms. The first-order valence-corrected chi connectivity index (χ1v) is 6.05. The molecular weight excluding hydrogens is 280 g/mol. The summed E-state index contributed by atoms with van der Waals surface area (Å²) in [6.45, 7) is 1.72. The summed E-state index contributed by atoms with van der Waals surface area (Å²) in [6.07, 6.45) is 0. The summed E-state index contributed by atoms with van der Waals surface area (Å²) in [6, 6.07) is 6.14. The maximum atomic E-state index is 13.9. The van der Waals surface area contributed by atoms with Gasteiger partial charge in [0.1, 0.15) is 22.8 Å². The smallest absolute Gasteiger partial charge is 0.336 e. The maximum absolute atomic E-state index is 13.9. The highest BCUT2D eigenvalue weighted by Crippen LogP contribution is 2.28. The lowest BCUT2D eigenvalue weighted by Gasteiger charge is -2.06. The van der Waals surface area contributed by atoms with E-state index in [1.54, 1.807) is 19.1 Å². The number of carboxylic acids is 1. The lowest BCUT2D eigenvalue weighted by molar-refractivity contribution is 0.0699. The van der Waals surface area contributed by atoms with Crippen molar-refractivity contribution >= 4 is 16.9 Å². The van der Waals surface area contributed by atoms with Gasteiger partial charge in [-0.15, -0.1) is 0 Å². The summed E-state index contributed by atoms with van der Waals surface area (Å²) in [5.74, 6) is -2.13. The van der Waals surface area contributed by atoms with E-state index in [0.717, 1.165) is 6.07 Å². The highest BCUT2D eigenvalue weighted by atomic mass is 19.1. The second-order valence-corrected chi connectivity index (χ2v) is 4.55. The van der Waals surface area contributed by atoms with Gasteiger partial charge in [0.2, 0.25) is 0 Å². The van der Waals surface area contributed by atoms with E-state index in [2.05, 4.69) is 4.98 Å². The summed E-state index contributed by atoms with van der Waals surface area (Å²) in [5, 5.41) is 9.15. The largest absolute Gasteiger partial charge is 0.478 e. The Bertz CT molecular complexity index is 871. The zero-order chi connectivity index (χ0) is 15.1. The minimum absolute atomic E-state index is 0.0907. The Hall–Kier alpha value is -2.76. The number of aryl methyl sites for hydroxylation is 1. The minimum atomic E-state index is -1.29. The molecule has 0 spiro atoms. The molecule has 1 aromatic carbocycles. The second kappa shape index (κ2) is 4.66. The molecule has 0 unspecified atom stereocenters. The van der Waals surface area contributed by atoms with Gasteiger partial charge in [0.25, 0.3) is 0 Å².